The minimum atomic E-state index is -0.512. The van der Waals surface area contributed by atoms with E-state index in [4.69, 9.17) is 0 Å². The van der Waals surface area contributed by atoms with Crippen molar-refractivity contribution >= 4 is 6.03 Å². The summed E-state index contributed by atoms with van der Waals surface area (Å²) in [5, 5.41) is 15.5. The van der Waals surface area contributed by atoms with Crippen LogP contribution in [-0.4, -0.2) is 38.3 Å². The van der Waals surface area contributed by atoms with Crippen LogP contribution in [0.15, 0.2) is 37.1 Å². The smallest absolute Gasteiger partial charge is 0.315 e. The predicted octanol–water partition coefficient (Wildman–Crippen LogP) is 1.86. The van der Waals surface area contributed by atoms with Gasteiger partial charge in [-0.2, -0.15) is 0 Å². The summed E-state index contributed by atoms with van der Waals surface area (Å²) in [5.41, 5.74) is 0.898. The van der Waals surface area contributed by atoms with Crippen LogP contribution in [0.4, 0.5) is 4.79 Å². The molecule has 2 amide bonds. The van der Waals surface area contributed by atoms with Crippen molar-refractivity contribution in [3.63, 3.8) is 0 Å². The molecule has 7 nitrogen and oxygen atoms in total. The van der Waals surface area contributed by atoms with Crippen LogP contribution in [0.25, 0.3) is 5.82 Å². The molecule has 2 rings (SSSR count). The Kier molecular flexibility index (Phi) is 6.74. The molecule has 0 saturated heterocycles. The van der Waals surface area contributed by atoms with Gasteiger partial charge in [-0.15, -0.1) is 0 Å². The lowest BCUT2D eigenvalue weighted by Crippen LogP contribution is -2.41. The van der Waals surface area contributed by atoms with E-state index in [0.717, 1.165) is 24.2 Å². The Morgan fingerprint density at radius 2 is 2.08 bits per heavy atom. The maximum atomic E-state index is 11.8. The van der Waals surface area contributed by atoms with Crippen LogP contribution in [0.1, 0.15) is 32.3 Å². The van der Waals surface area contributed by atoms with Crippen molar-refractivity contribution in [1.82, 2.24) is 25.2 Å². The highest BCUT2D eigenvalue weighted by Gasteiger charge is 2.15. The summed E-state index contributed by atoms with van der Waals surface area (Å²) in [6.07, 6.45) is 8.19. The molecular weight excluding hydrogens is 306 g/mol. The number of nitrogens with zero attached hydrogens (tertiary/aromatic N) is 3. The Morgan fingerprint density at radius 3 is 2.67 bits per heavy atom. The second-order valence-corrected chi connectivity index (χ2v) is 5.70. The van der Waals surface area contributed by atoms with Crippen molar-refractivity contribution in [2.75, 3.05) is 6.54 Å². The highest BCUT2D eigenvalue weighted by molar-refractivity contribution is 5.73. The summed E-state index contributed by atoms with van der Waals surface area (Å²) in [7, 11) is 0. The van der Waals surface area contributed by atoms with E-state index in [1.165, 1.54) is 0 Å². The zero-order valence-electron chi connectivity index (χ0n) is 14.1. The second kappa shape index (κ2) is 9.02. The molecule has 0 spiro atoms. The first-order valence-electron chi connectivity index (χ1n) is 8.27. The quantitative estimate of drug-likeness (QED) is 0.688. The highest BCUT2D eigenvalue weighted by Crippen LogP contribution is 2.12. The van der Waals surface area contributed by atoms with Gasteiger partial charge in [-0.05, 0) is 17.5 Å². The van der Waals surface area contributed by atoms with Gasteiger partial charge in [-0.1, -0.05) is 32.8 Å². The van der Waals surface area contributed by atoms with Gasteiger partial charge in [0, 0.05) is 31.7 Å². The van der Waals surface area contributed by atoms with Crippen molar-refractivity contribution in [1.29, 1.82) is 0 Å². The molecule has 3 N–H and O–H groups in total. The summed E-state index contributed by atoms with van der Waals surface area (Å²) >= 11 is 0. The molecule has 7 heteroatoms. The molecule has 1 unspecified atom stereocenters. The number of carbonyl (C=O) groups excluding carboxylic acids is 1. The van der Waals surface area contributed by atoms with Gasteiger partial charge in [0.25, 0.3) is 0 Å². The number of aliphatic hydroxyl groups is 1. The zero-order valence-corrected chi connectivity index (χ0v) is 14.1. The fourth-order valence-electron chi connectivity index (χ4n) is 2.51. The molecule has 1 atom stereocenters. The standard InChI is InChI=1S/C17H25N5O2/c1-3-14(4-2)15(23)11-21-17(24)20-10-13-5-6-16(19-9-13)22-8-7-18-12-22/h5-9,12,14-15,23H,3-4,10-11H2,1-2H3,(H2,20,21,24). The number of urea groups is 1. The second-order valence-electron chi connectivity index (χ2n) is 5.70. The maximum absolute atomic E-state index is 11.8. The first kappa shape index (κ1) is 17.9. The Hall–Kier alpha value is -2.41. The molecule has 0 fully saturated rings. The fourth-order valence-corrected chi connectivity index (χ4v) is 2.51. The van der Waals surface area contributed by atoms with E-state index in [-0.39, 0.29) is 18.5 Å². The number of imidazole rings is 1. The van der Waals surface area contributed by atoms with Crippen molar-refractivity contribution in [2.45, 2.75) is 39.3 Å². The van der Waals surface area contributed by atoms with Crippen LogP contribution >= 0.6 is 0 Å². The van der Waals surface area contributed by atoms with Crippen LogP contribution in [0.5, 0.6) is 0 Å². The summed E-state index contributed by atoms with van der Waals surface area (Å²) in [6.45, 7) is 4.72. The number of aliphatic hydroxyl groups excluding tert-OH is 1. The van der Waals surface area contributed by atoms with Gasteiger partial charge in [-0.3, -0.25) is 4.57 Å². The van der Waals surface area contributed by atoms with Crippen molar-refractivity contribution in [3.05, 3.63) is 42.6 Å². The molecule has 0 bridgehead atoms. The van der Waals surface area contributed by atoms with Crippen LogP contribution < -0.4 is 10.6 Å². The molecule has 2 heterocycles. The van der Waals surface area contributed by atoms with Crippen LogP contribution in [-0.2, 0) is 6.54 Å². The number of hydrogen-bond donors (Lipinski definition) is 3. The van der Waals surface area contributed by atoms with Gasteiger partial charge in [0.1, 0.15) is 12.1 Å². The normalized spacial score (nSPS) is 12.2. The molecule has 0 aliphatic heterocycles. The Morgan fingerprint density at radius 1 is 1.29 bits per heavy atom. The van der Waals surface area contributed by atoms with Crippen LogP contribution in [0.3, 0.4) is 0 Å². The molecule has 130 valence electrons. The average Bonchev–Trinajstić information content (AvgIpc) is 3.14. The third-order valence-electron chi connectivity index (χ3n) is 4.10. The first-order chi connectivity index (χ1) is 11.6. The van der Waals surface area contributed by atoms with Gasteiger partial charge in [0.05, 0.1) is 6.10 Å². The third kappa shape index (κ3) is 5.06. The molecule has 2 aromatic heterocycles. The lowest BCUT2D eigenvalue weighted by Gasteiger charge is -2.20. The predicted molar refractivity (Wildman–Crippen MR) is 91.7 cm³/mol. The summed E-state index contributed by atoms with van der Waals surface area (Å²) < 4.78 is 1.81. The fraction of sp³-hybridized carbons (Fsp3) is 0.471. The third-order valence-corrected chi connectivity index (χ3v) is 4.10. The number of rotatable bonds is 8. The lowest BCUT2D eigenvalue weighted by molar-refractivity contribution is 0.103. The first-order valence-corrected chi connectivity index (χ1v) is 8.27. The van der Waals surface area contributed by atoms with Gasteiger partial charge < -0.3 is 15.7 Å². The molecule has 0 saturated carbocycles. The SMILES string of the molecule is CCC(CC)C(O)CNC(=O)NCc1ccc(-n2ccnc2)nc1. The van der Waals surface area contributed by atoms with E-state index in [9.17, 15) is 9.90 Å². The van der Waals surface area contributed by atoms with Gasteiger partial charge >= 0.3 is 6.03 Å². The summed E-state index contributed by atoms with van der Waals surface area (Å²) in [6, 6.07) is 3.48. The topological polar surface area (TPSA) is 92.1 Å². The molecular formula is C17H25N5O2. The molecule has 24 heavy (non-hydrogen) atoms. The van der Waals surface area contributed by atoms with E-state index < -0.39 is 6.10 Å². The van der Waals surface area contributed by atoms with Gasteiger partial charge in [0.15, 0.2) is 0 Å². The monoisotopic (exact) mass is 331 g/mol. The van der Waals surface area contributed by atoms with Crippen molar-refractivity contribution in [2.24, 2.45) is 5.92 Å². The molecule has 0 aromatic carbocycles. The highest BCUT2D eigenvalue weighted by atomic mass is 16.3. The Labute approximate surface area is 142 Å². The Balaban J connectivity index is 1.75. The molecule has 0 radical (unpaired) electrons. The van der Waals surface area contributed by atoms with Crippen LogP contribution in [0.2, 0.25) is 0 Å². The lowest BCUT2D eigenvalue weighted by atomic mass is 9.97. The van der Waals surface area contributed by atoms with Gasteiger partial charge in [0.2, 0.25) is 0 Å². The number of amides is 2. The van der Waals surface area contributed by atoms with E-state index in [2.05, 4.69) is 20.6 Å². The number of pyridine rings is 1. The molecule has 0 aliphatic rings. The van der Waals surface area contributed by atoms with Crippen molar-refractivity contribution < 1.29 is 9.90 Å². The Bertz CT molecular complexity index is 608. The summed E-state index contributed by atoms with van der Waals surface area (Å²) in [5.74, 6) is 0.985. The molecule has 0 aliphatic carbocycles. The zero-order chi connectivity index (χ0) is 17.4. The van der Waals surface area contributed by atoms with E-state index in [1.54, 1.807) is 18.7 Å². The maximum Gasteiger partial charge on any atom is 0.315 e. The van der Waals surface area contributed by atoms with E-state index in [1.807, 2.05) is 36.7 Å². The van der Waals surface area contributed by atoms with E-state index >= 15 is 0 Å². The largest absolute Gasteiger partial charge is 0.391 e. The van der Waals surface area contributed by atoms with Gasteiger partial charge in [-0.25, -0.2) is 14.8 Å². The number of nitrogens with one attached hydrogen (secondary N) is 2. The number of carbonyl (C=O) groups is 1. The number of hydrogen-bond acceptors (Lipinski definition) is 4. The molecule has 2 aromatic rings. The number of aromatic nitrogens is 3. The minimum absolute atomic E-state index is 0.213. The van der Waals surface area contributed by atoms with Crippen molar-refractivity contribution in [3.8, 4) is 5.82 Å². The average molecular weight is 331 g/mol. The summed E-state index contributed by atoms with van der Waals surface area (Å²) in [4.78, 5) is 20.1. The van der Waals surface area contributed by atoms with E-state index in [0.29, 0.717) is 6.54 Å². The minimum Gasteiger partial charge on any atom is -0.391 e. The van der Waals surface area contributed by atoms with Crippen LogP contribution in [0, 0.1) is 5.92 Å².